The molecule has 4 rings (SSSR count). The van der Waals surface area contributed by atoms with Crippen molar-refractivity contribution in [1.82, 2.24) is 19.8 Å². The number of H-pyrrole nitrogens is 1. The molecule has 1 aliphatic rings. The number of carbonyl (C=O) groups excluding carboxylic acids is 3. The van der Waals surface area contributed by atoms with Gasteiger partial charge < -0.3 is 25.8 Å². The molecule has 2 aromatic carbocycles. The van der Waals surface area contributed by atoms with E-state index in [4.69, 9.17) is 5.73 Å². The number of nitrogens with two attached hydrogens (primary N) is 1. The number of halogens is 3. The fourth-order valence-electron chi connectivity index (χ4n) is 4.20. The minimum Gasteiger partial charge on any atom is -0.364 e. The van der Waals surface area contributed by atoms with Crippen LogP contribution in [0.5, 0.6) is 0 Å². The molecular formula is C26H28F3N7O3. The molecule has 0 bridgehead atoms. The van der Waals surface area contributed by atoms with Crippen molar-refractivity contribution in [3.8, 4) is 0 Å². The van der Waals surface area contributed by atoms with Crippen LogP contribution in [0.1, 0.15) is 44.7 Å². The van der Waals surface area contributed by atoms with Crippen molar-refractivity contribution >= 4 is 29.4 Å². The van der Waals surface area contributed by atoms with E-state index < -0.39 is 23.7 Å². The van der Waals surface area contributed by atoms with Crippen molar-refractivity contribution in [2.24, 2.45) is 5.73 Å². The number of urea groups is 1. The summed E-state index contributed by atoms with van der Waals surface area (Å²) in [6.07, 6.45) is -4.24. The summed E-state index contributed by atoms with van der Waals surface area (Å²) in [6, 6.07) is 10.1. The lowest BCUT2D eigenvalue weighted by molar-refractivity contribution is -0.137. The Labute approximate surface area is 222 Å². The number of rotatable bonds is 7. The topological polar surface area (TPSA) is 136 Å². The predicted molar refractivity (Wildman–Crippen MR) is 138 cm³/mol. The Morgan fingerprint density at radius 3 is 2.18 bits per heavy atom. The normalized spacial score (nSPS) is 14.2. The second kappa shape index (κ2) is 11.6. The van der Waals surface area contributed by atoms with E-state index >= 15 is 0 Å². The van der Waals surface area contributed by atoms with Crippen LogP contribution in [-0.2, 0) is 12.6 Å². The number of anilines is 2. The van der Waals surface area contributed by atoms with Gasteiger partial charge in [0.1, 0.15) is 11.5 Å². The molecule has 0 spiro atoms. The largest absolute Gasteiger partial charge is 0.416 e. The number of nitrogens with one attached hydrogen (secondary N) is 3. The summed E-state index contributed by atoms with van der Waals surface area (Å²) in [5.74, 6) is -0.678. The van der Waals surface area contributed by atoms with Gasteiger partial charge in [-0.15, -0.1) is 0 Å². The van der Waals surface area contributed by atoms with Crippen LogP contribution in [0, 0.1) is 0 Å². The molecule has 39 heavy (non-hydrogen) atoms. The SMILES string of the molecule is CCN1CCN(C(=O)c2ccc(Cc3nc(NC(=O)Nc4ccc(C(F)(F)F)cc4)c(C(N)=O)[nH]3)cc2)CC1. The lowest BCUT2D eigenvalue weighted by atomic mass is 10.1. The highest BCUT2D eigenvalue weighted by Gasteiger charge is 2.30. The van der Waals surface area contributed by atoms with Crippen LogP contribution >= 0.6 is 0 Å². The number of hydrogen-bond acceptors (Lipinski definition) is 5. The van der Waals surface area contributed by atoms with Gasteiger partial charge in [-0.2, -0.15) is 13.2 Å². The number of nitrogens with zero attached hydrogens (tertiary/aromatic N) is 3. The summed E-state index contributed by atoms with van der Waals surface area (Å²) in [6.45, 7) is 6.11. The lowest BCUT2D eigenvalue weighted by Gasteiger charge is -2.34. The molecule has 0 atom stereocenters. The number of likely N-dealkylation sites (N-methyl/N-ethyl adjacent to an activating group) is 1. The van der Waals surface area contributed by atoms with Crippen molar-refractivity contribution in [3.05, 3.63) is 76.7 Å². The summed E-state index contributed by atoms with van der Waals surface area (Å²) < 4.78 is 38.2. The Morgan fingerprint density at radius 1 is 0.974 bits per heavy atom. The quantitative estimate of drug-likeness (QED) is 0.361. The average molecular weight is 544 g/mol. The zero-order valence-electron chi connectivity index (χ0n) is 21.1. The van der Waals surface area contributed by atoms with Gasteiger partial charge in [0.15, 0.2) is 5.82 Å². The smallest absolute Gasteiger partial charge is 0.364 e. The molecule has 0 saturated carbocycles. The number of aromatic nitrogens is 2. The van der Waals surface area contributed by atoms with Crippen LogP contribution in [0.4, 0.5) is 29.5 Å². The first-order chi connectivity index (χ1) is 18.5. The highest BCUT2D eigenvalue weighted by Crippen LogP contribution is 2.29. The van der Waals surface area contributed by atoms with Crippen LogP contribution < -0.4 is 16.4 Å². The number of benzene rings is 2. The van der Waals surface area contributed by atoms with Crippen LogP contribution in [-0.4, -0.2) is 70.3 Å². The highest BCUT2D eigenvalue weighted by atomic mass is 19.4. The van der Waals surface area contributed by atoms with E-state index in [-0.39, 0.29) is 29.5 Å². The molecule has 1 aromatic heterocycles. The molecule has 1 aliphatic heterocycles. The second-order valence-electron chi connectivity index (χ2n) is 9.03. The third-order valence-corrected chi connectivity index (χ3v) is 6.38. The first-order valence-electron chi connectivity index (χ1n) is 12.3. The van der Waals surface area contributed by atoms with Gasteiger partial charge in [-0.05, 0) is 48.5 Å². The number of imidazole rings is 1. The molecule has 5 N–H and O–H groups in total. The van der Waals surface area contributed by atoms with Gasteiger partial charge in [-0.1, -0.05) is 19.1 Å². The minimum absolute atomic E-state index is 0.0307. The van der Waals surface area contributed by atoms with E-state index in [2.05, 4.69) is 32.4 Å². The maximum atomic E-state index is 12.8. The van der Waals surface area contributed by atoms with E-state index in [0.717, 1.165) is 49.5 Å². The van der Waals surface area contributed by atoms with Gasteiger partial charge >= 0.3 is 12.2 Å². The fourth-order valence-corrected chi connectivity index (χ4v) is 4.20. The molecule has 1 fully saturated rings. The van der Waals surface area contributed by atoms with Crippen molar-refractivity contribution < 1.29 is 27.6 Å². The first kappa shape index (κ1) is 27.6. The summed E-state index contributed by atoms with van der Waals surface area (Å²) in [5.41, 5.74) is 5.91. The molecule has 3 aromatic rings. The molecule has 0 radical (unpaired) electrons. The van der Waals surface area contributed by atoms with Gasteiger partial charge in [-0.3, -0.25) is 14.9 Å². The predicted octanol–water partition coefficient (Wildman–Crippen LogP) is 3.54. The summed E-state index contributed by atoms with van der Waals surface area (Å²) in [5, 5.41) is 4.77. The van der Waals surface area contributed by atoms with Gasteiger partial charge in [0, 0.05) is 43.9 Å². The maximum absolute atomic E-state index is 12.8. The van der Waals surface area contributed by atoms with Crippen LogP contribution in [0.2, 0.25) is 0 Å². The molecule has 10 nitrogen and oxygen atoms in total. The fraction of sp³-hybridized carbons (Fsp3) is 0.308. The van der Waals surface area contributed by atoms with Gasteiger partial charge in [0.25, 0.3) is 11.8 Å². The number of primary amides is 1. The van der Waals surface area contributed by atoms with Gasteiger partial charge in [0.2, 0.25) is 0 Å². The lowest BCUT2D eigenvalue weighted by Crippen LogP contribution is -2.48. The van der Waals surface area contributed by atoms with Crippen LogP contribution in [0.3, 0.4) is 0 Å². The summed E-state index contributed by atoms with van der Waals surface area (Å²) in [4.78, 5) is 48.3. The average Bonchev–Trinajstić information content (AvgIpc) is 3.30. The van der Waals surface area contributed by atoms with E-state index in [1.165, 1.54) is 0 Å². The number of hydrogen-bond donors (Lipinski definition) is 4. The first-order valence-corrected chi connectivity index (χ1v) is 12.3. The minimum atomic E-state index is -4.50. The number of piperazine rings is 1. The van der Waals surface area contributed by atoms with Crippen molar-refractivity contribution in [2.75, 3.05) is 43.4 Å². The molecular weight excluding hydrogens is 515 g/mol. The number of aromatic amines is 1. The third-order valence-electron chi connectivity index (χ3n) is 6.38. The third kappa shape index (κ3) is 6.93. The second-order valence-corrected chi connectivity index (χ2v) is 9.03. The van der Waals surface area contributed by atoms with Crippen molar-refractivity contribution in [3.63, 3.8) is 0 Å². The zero-order valence-corrected chi connectivity index (χ0v) is 21.1. The molecule has 206 valence electrons. The van der Waals surface area contributed by atoms with Crippen LogP contribution in [0.25, 0.3) is 0 Å². The number of amides is 4. The van der Waals surface area contributed by atoms with Crippen LogP contribution in [0.15, 0.2) is 48.5 Å². The Morgan fingerprint density at radius 2 is 1.62 bits per heavy atom. The van der Waals surface area contributed by atoms with E-state index in [9.17, 15) is 27.6 Å². The molecule has 13 heteroatoms. The molecule has 2 heterocycles. The van der Waals surface area contributed by atoms with Crippen molar-refractivity contribution in [1.29, 1.82) is 0 Å². The highest BCUT2D eigenvalue weighted by molar-refractivity contribution is 6.04. The Kier molecular flexibility index (Phi) is 8.19. The van der Waals surface area contributed by atoms with Gasteiger partial charge in [0.05, 0.1) is 5.56 Å². The zero-order chi connectivity index (χ0) is 28.2. The maximum Gasteiger partial charge on any atom is 0.416 e. The molecule has 4 amide bonds. The number of carbonyl (C=O) groups is 3. The van der Waals surface area contributed by atoms with Gasteiger partial charge in [-0.25, -0.2) is 9.78 Å². The monoisotopic (exact) mass is 543 g/mol. The van der Waals surface area contributed by atoms with E-state index in [1.54, 1.807) is 24.3 Å². The Balaban J connectivity index is 1.39. The summed E-state index contributed by atoms with van der Waals surface area (Å²) in [7, 11) is 0. The molecule has 0 aliphatic carbocycles. The van der Waals surface area contributed by atoms with E-state index in [0.29, 0.717) is 24.5 Å². The molecule has 1 saturated heterocycles. The Bertz CT molecular complexity index is 1330. The van der Waals surface area contributed by atoms with Crippen molar-refractivity contribution in [2.45, 2.75) is 19.5 Å². The molecule has 0 unspecified atom stereocenters. The summed E-state index contributed by atoms with van der Waals surface area (Å²) >= 11 is 0. The Hall–Kier alpha value is -4.39. The number of alkyl halides is 3. The van der Waals surface area contributed by atoms with E-state index in [1.807, 2.05) is 4.90 Å². The standard InChI is InChI=1S/C26H28F3N7O3/c1-2-35-11-13-36(14-12-35)24(38)17-5-3-16(4-6-17)15-20-32-21(22(30)37)23(33-20)34-25(39)31-19-9-7-18(8-10-19)26(27,28)29/h3-10H,2,11-15H2,1H3,(H2,30,37)(H,32,33)(H2,31,34,39).